The van der Waals surface area contributed by atoms with E-state index in [1.165, 1.54) is 19.3 Å². The number of hydrogen-bond donors (Lipinski definition) is 1. The maximum absolute atomic E-state index is 14.1. The minimum absolute atomic E-state index is 0.130. The zero-order valence-electron chi connectivity index (χ0n) is 12.5. The van der Waals surface area contributed by atoms with Crippen molar-refractivity contribution >= 4 is 11.6 Å². The first-order valence-electron chi connectivity index (χ1n) is 7.88. The van der Waals surface area contributed by atoms with Gasteiger partial charge in [-0.1, -0.05) is 23.7 Å². The van der Waals surface area contributed by atoms with Crippen LogP contribution in [0, 0.1) is 11.7 Å². The van der Waals surface area contributed by atoms with Gasteiger partial charge in [0.15, 0.2) is 0 Å². The van der Waals surface area contributed by atoms with Gasteiger partial charge < -0.3 is 10.1 Å². The second kappa shape index (κ2) is 6.23. The van der Waals surface area contributed by atoms with Crippen molar-refractivity contribution in [1.29, 1.82) is 0 Å². The molecule has 3 rings (SSSR count). The first-order chi connectivity index (χ1) is 10.1. The molecule has 2 aliphatic rings. The van der Waals surface area contributed by atoms with Crippen LogP contribution in [-0.4, -0.2) is 25.3 Å². The Morgan fingerprint density at radius 3 is 2.95 bits per heavy atom. The summed E-state index contributed by atoms with van der Waals surface area (Å²) in [6.45, 7) is 0.834. The van der Waals surface area contributed by atoms with E-state index < -0.39 is 0 Å². The van der Waals surface area contributed by atoms with E-state index in [4.69, 9.17) is 16.3 Å². The van der Waals surface area contributed by atoms with Crippen LogP contribution in [0.1, 0.15) is 37.7 Å². The van der Waals surface area contributed by atoms with Gasteiger partial charge >= 0.3 is 0 Å². The lowest BCUT2D eigenvalue weighted by Gasteiger charge is -2.48. The molecule has 0 radical (unpaired) electrons. The van der Waals surface area contributed by atoms with Crippen molar-refractivity contribution in [1.82, 2.24) is 5.32 Å². The Bertz CT molecular complexity index is 504. The Morgan fingerprint density at radius 2 is 2.29 bits per heavy atom. The lowest BCUT2D eigenvalue weighted by Crippen LogP contribution is -2.50. The highest BCUT2D eigenvalue weighted by molar-refractivity contribution is 6.30. The number of nitrogens with one attached hydrogen (secondary N) is 1. The number of likely N-dealkylation sites (N-methyl/N-ethyl adjacent to an activating group) is 1. The van der Waals surface area contributed by atoms with Crippen LogP contribution in [0.5, 0.6) is 0 Å². The summed E-state index contributed by atoms with van der Waals surface area (Å²) in [4.78, 5) is 0. The van der Waals surface area contributed by atoms with Crippen molar-refractivity contribution in [2.45, 2.75) is 50.2 Å². The van der Waals surface area contributed by atoms with E-state index in [9.17, 15) is 4.39 Å². The van der Waals surface area contributed by atoms with Gasteiger partial charge in [0.25, 0.3) is 0 Å². The summed E-state index contributed by atoms with van der Waals surface area (Å²) >= 11 is 5.89. The molecule has 0 bridgehead atoms. The van der Waals surface area contributed by atoms with Crippen LogP contribution in [-0.2, 0) is 11.2 Å². The summed E-state index contributed by atoms with van der Waals surface area (Å²) in [7, 11) is 1.97. The zero-order chi connectivity index (χ0) is 14.9. The zero-order valence-corrected chi connectivity index (χ0v) is 13.3. The van der Waals surface area contributed by atoms with E-state index in [2.05, 4.69) is 5.32 Å². The Morgan fingerprint density at radius 1 is 1.48 bits per heavy atom. The van der Waals surface area contributed by atoms with Gasteiger partial charge in [-0.05, 0) is 63.1 Å². The minimum atomic E-state index is -0.273. The predicted octanol–water partition coefficient (Wildman–Crippen LogP) is 3.96. The quantitative estimate of drug-likeness (QED) is 0.909. The van der Waals surface area contributed by atoms with E-state index in [0.29, 0.717) is 17.9 Å². The average Bonchev–Trinajstić information content (AvgIpc) is 2.47. The molecule has 1 N–H and O–H groups in total. The molecule has 2 nitrogen and oxygen atoms in total. The normalized spacial score (nSPS) is 25.6. The fourth-order valence-electron chi connectivity index (χ4n) is 3.78. The van der Waals surface area contributed by atoms with Crippen molar-refractivity contribution in [3.05, 3.63) is 34.6 Å². The Hall–Kier alpha value is -0.640. The SMILES string of the molecule is CNC(Cc1cccc(Cl)c1F)C1CCOC2(CCC2)C1. The van der Waals surface area contributed by atoms with E-state index in [1.54, 1.807) is 6.07 Å². The van der Waals surface area contributed by atoms with Gasteiger partial charge in [-0.2, -0.15) is 0 Å². The summed E-state index contributed by atoms with van der Waals surface area (Å²) in [5, 5.41) is 3.60. The number of halogens is 2. The Kier molecular flexibility index (Phi) is 4.53. The summed E-state index contributed by atoms with van der Waals surface area (Å²) in [6.07, 6.45) is 6.48. The average molecular weight is 312 g/mol. The molecule has 0 aromatic heterocycles. The smallest absolute Gasteiger partial charge is 0.145 e. The lowest BCUT2D eigenvalue weighted by atomic mass is 9.70. The maximum Gasteiger partial charge on any atom is 0.145 e. The monoisotopic (exact) mass is 311 g/mol. The second-order valence-electron chi connectivity index (χ2n) is 6.45. The molecule has 1 aromatic rings. The highest BCUT2D eigenvalue weighted by Gasteiger charge is 2.44. The highest BCUT2D eigenvalue weighted by atomic mass is 35.5. The number of rotatable bonds is 4. The molecular weight excluding hydrogens is 289 g/mol. The van der Waals surface area contributed by atoms with Crippen LogP contribution in [0.15, 0.2) is 18.2 Å². The van der Waals surface area contributed by atoms with Crippen LogP contribution < -0.4 is 5.32 Å². The molecular formula is C17H23ClFNO. The van der Waals surface area contributed by atoms with Crippen LogP contribution in [0.3, 0.4) is 0 Å². The van der Waals surface area contributed by atoms with E-state index in [-0.39, 0.29) is 22.5 Å². The fraction of sp³-hybridized carbons (Fsp3) is 0.647. The van der Waals surface area contributed by atoms with Gasteiger partial charge in [0.1, 0.15) is 5.82 Å². The van der Waals surface area contributed by atoms with Crippen LogP contribution in [0.2, 0.25) is 5.02 Å². The van der Waals surface area contributed by atoms with E-state index in [1.807, 2.05) is 19.2 Å². The van der Waals surface area contributed by atoms with Crippen LogP contribution in [0.4, 0.5) is 4.39 Å². The van der Waals surface area contributed by atoms with Crippen molar-refractivity contribution in [2.24, 2.45) is 5.92 Å². The standard InChI is InChI=1S/C17H23ClFNO/c1-20-15(10-12-4-2-5-14(18)16(12)19)13-6-9-21-17(11-13)7-3-8-17/h2,4-5,13,15,20H,3,6-11H2,1H3. The molecule has 2 atom stereocenters. The molecule has 2 fully saturated rings. The van der Waals surface area contributed by atoms with Crippen LogP contribution in [0.25, 0.3) is 0 Å². The van der Waals surface area contributed by atoms with Gasteiger partial charge in [0, 0.05) is 12.6 Å². The summed E-state index contributed by atoms with van der Waals surface area (Å²) in [5.74, 6) is 0.271. The molecule has 2 unspecified atom stereocenters. The third-order valence-electron chi connectivity index (χ3n) is 5.21. The molecule has 116 valence electrons. The largest absolute Gasteiger partial charge is 0.375 e. The van der Waals surface area contributed by atoms with Gasteiger partial charge in [-0.25, -0.2) is 4.39 Å². The topological polar surface area (TPSA) is 21.3 Å². The molecule has 1 saturated carbocycles. The minimum Gasteiger partial charge on any atom is -0.375 e. The summed E-state index contributed by atoms with van der Waals surface area (Å²) in [5.41, 5.74) is 0.834. The highest BCUT2D eigenvalue weighted by Crippen LogP contribution is 2.45. The van der Waals surface area contributed by atoms with Crippen molar-refractivity contribution in [2.75, 3.05) is 13.7 Å². The Balaban J connectivity index is 1.71. The van der Waals surface area contributed by atoms with Crippen LogP contribution >= 0.6 is 11.6 Å². The molecule has 1 heterocycles. The molecule has 1 saturated heterocycles. The molecule has 1 aliphatic heterocycles. The molecule has 1 aliphatic carbocycles. The number of ether oxygens (including phenoxy) is 1. The van der Waals surface area contributed by atoms with Gasteiger partial charge in [-0.3, -0.25) is 0 Å². The lowest BCUT2D eigenvalue weighted by molar-refractivity contribution is -0.146. The third kappa shape index (κ3) is 3.10. The van der Waals surface area contributed by atoms with Crippen molar-refractivity contribution in [3.63, 3.8) is 0 Å². The molecule has 21 heavy (non-hydrogen) atoms. The fourth-order valence-corrected chi connectivity index (χ4v) is 3.97. The number of hydrogen-bond acceptors (Lipinski definition) is 2. The molecule has 1 aromatic carbocycles. The Labute approximate surface area is 131 Å². The summed E-state index contributed by atoms with van der Waals surface area (Å²) < 4.78 is 20.1. The molecule has 4 heteroatoms. The predicted molar refractivity (Wildman–Crippen MR) is 83.2 cm³/mol. The van der Waals surface area contributed by atoms with Gasteiger partial charge in [-0.15, -0.1) is 0 Å². The molecule has 1 spiro atoms. The van der Waals surface area contributed by atoms with Crippen molar-refractivity contribution in [3.8, 4) is 0 Å². The van der Waals surface area contributed by atoms with Crippen molar-refractivity contribution < 1.29 is 9.13 Å². The van der Waals surface area contributed by atoms with E-state index >= 15 is 0 Å². The first kappa shape index (κ1) is 15.3. The third-order valence-corrected chi connectivity index (χ3v) is 5.50. The number of benzene rings is 1. The van der Waals surface area contributed by atoms with Gasteiger partial charge in [0.05, 0.1) is 10.6 Å². The molecule has 0 amide bonds. The second-order valence-corrected chi connectivity index (χ2v) is 6.86. The first-order valence-corrected chi connectivity index (χ1v) is 8.25. The van der Waals surface area contributed by atoms with Gasteiger partial charge in [0.2, 0.25) is 0 Å². The summed E-state index contributed by atoms with van der Waals surface area (Å²) in [6, 6.07) is 5.54. The maximum atomic E-state index is 14.1. The van der Waals surface area contributed by atoms with E-state index in [0.717, 1.165) is 19.4 Å².